The third kappa shape index (κ3) is 3.43. The van der Waals surface area contributed by atoms with E-state index in [0.29, 0.717) is 10.6 Å². The molecule has 19 heavy (non-hydrogen) atoms. The molecule has 0 spiro atoms. The van der Waals surface area contributed by atoms with Crippen molar-refractivity contribution in [1.29, 1.82) is 0 Å². The highest BCUT2D eigenvalue weighted by atomic mass is 32.1. The Morgan fingerprint density at radius 1 is 1.47 bits per heavy atom. The van der Waals surface area contributed by atoms with Crippen LogP contribution in [0.2, 0.25) is 0 Å². The highest BCUT2D eigenvalue weighted by molar-refractivity contribution is 7.71. The Balaban J connectivity index is 2.02. The predicted octanol–water partition coefficient (Wildman–Crippen LogP) is 1.91. The zero-order valence-electron chi connectivity index (χ0n) is 11.9. The van der Waals surface area contributed by atoms with Crippen LogP contribution in [0.15, 0.2) is 0 Å². The second-order valence-corrected chi connectivity index (χ2v) is 5.80. The molecule has 1 saturated heterocycles. The van der Waals surface area contributed by atoms with E-state index in [9.17, 15) is 5.11 Å². The summed E-state index contributed by atoms with van der Waals surface area (Å²) in [5, 5.41) is 13.6. The Hall–Kier alpha value is -0.720. The van der Waals surface area contributed by atoms with Crippen LogP contribution in [-0.4, -0.2) is 37.4 Å². The van der Waals surface area contributed by atoms with Crippen molar-refractivity contribution < 1.29 is 5.11 Å². The lowest BCUT2D eigenvalue weighted by Gasteiger charge is -2.32. The first-order valence-electron chi connectivity index (χ1n) is 7.11. The summed E-state index contributed by atoms with van der Waals surface area (Å²) in [5.41, 5.74) is 0. The monoisotopic (exact) mass is 284 g/mol. The molecule has 0 bridgehead atoms. The highest BCUT2D eigenvalue weighted by Crippen LogP contribution is 2.21. The maximum absolute atomic E-state index is 9.22. The molecule has 0 radical (unpaired) electrons. The second-order valence-electron chi connectivity index (χ2n) is 5.43. The number of aliphatic hydroxyl groups is 1. The first kappa shape index (κ1) is 14.7. The van der Waals surface area contributed by atoms with E-state index in [4.69, 9.17) is 12.2 Å². The van der Waals surface area contributed by atoms with Gasteiger partial charge in [-0.1, -0.05) is 13.3 Å². The standard InChI is InChI=1S/C13H24N4OS/c1-3-5-11-6-4-7-16(8-11)10-17-13(19)15(2)12(9-18)14-17/h11,18H,3-10H2,1-2H3. The van der Waals surface area contributed by atoms with Gasteiger partial charge in [-0.2, -0.15) is 5.10 Å². The zero-order chi connectivity index (χ0) is 13.8. The molecule has 1 aliphatic rings. The number of hydrogen-bond acceptors (Lipinski definition) is 4. The molecule has 0 aromatic carbocycles. The fourth-order valence-corrected chi connectivity index (χ4v) is 3.08. The van der Waals surface area contributed by atoms with Gasteiger partial charge in [-0.05, 0) is 43.9 Å². The van der Waals surface area contributed by atoms with Crippen molar-refractivity contribution >= 4 is 12.2 Å². The largest absolute Gasteiger partial charge is 0.388 e. The molecule has 1 fully saturated rings. The molecule has 5 nitrogen and oxygen atoms in total. The molecule has 0 aliphatic carbocycles. The minimum absolute atomic E-state index is 0.0639. The smallest absolute Gasteiger partial charge is 0.198 e. The summed E-state index contributed by atoms with van der Waals surface area (Å²) in [6.07, 6.45) is 5.18. The molecule has 1 unspecified atom stereocenters. The maximum Gasteiger partial charge on any atom is 0.198 e. The second kappa shape index (κ2) is 6.63. The molecule has 1 N–H and O–H groups in total. The highest BCUT2D eigenvalue weighted by Gasteiger charge is 2.20. The van der Waals surface area contributed by atoms with Crippen LogP contribution in [0.1, 0.15) is 38.4 Å². The van der Waals surface area contributed by atoms with E-state index in [0.717, 1.165) is 25.7 Å². The van der Waals surface area contributed by atoms with Gasteiger partial charge < -0.3 is 9.67 Å². The summed E-state index contributed by atoms with van der Waals surface area (Å²) < 4.78 is 4.29. The first-order chi connectivity index (χ1) is 9.15. The average Bonchev–Trinajstić information content (AvgIpc) is 2.67. The van der Waals surface area contributed by atoms with Gasteiger partial charge in [0.05, 0.1) is 6.67 Å². The van der Waals surface area contributed by atoms with Crippen molar-refractivity contribution in [3.8, 4) is 0 Å². The van der Waals surface area contributed by atoms with Crippen molar-refractivity contribution in [3.63, 3.8) is 0 Å². The minimum Gasteiger partial charge on any atom is -0.388 e. The lowest BCUT2D eigenvalue weighted by atomic mass is 9.94. The van der Waals surface area contributed by atoms with Crippen LogP contribution in [0.5, 0.6) is 0 Å². The minimum atomic E-state index is -0.0639. The fourth-order valence-electron chi connectivity index (χ4n) is 2.88. The van der Waals surface area contributed by atoms with Gasteiger partial charge >= 0.3 is 0 Å². The van der Waals surface area contributed by atoms with E-state index in [1.54, 1.807) is 4.57 Å². The summed E-state index contributed by atoms with van der Waals surface area (Å²) >= 11 is 5.36. The van der Waals surface area contributed by atoms with Gasteiger partial charge in [-0.25, -0.2) is 4.68 Å². The van der Waals surface area contributed by atoms with Crippen LogP contribution in [0.3, 0.4) is 0 Å². The number of rotatable bonds is 5. The van der Waals surface area contributed by atoms with Crippen molar-refractivity contribution in [2.75, 3.05) is 13.1 Å². The Bertz CT molecular complexity index is 466. The molecule has 1 aromatic rings. The third-order valence-electron chi connectivity index (χ3n) is 3.91. The molecule has 1 aliphatic heterocycles. The van der Waals surface area contributed by atoms with Crippen LogP contribution < -0.4 is 0 Å². The summed E-state index contributed by atoms with van der Waals surface area (Å²) in [6.45, 7) is 5.19. The molecule has 1 atom stereocenters. The number of aromatic nitrogens is 3. The van der Waals surface area contributed by atoms with E-state index < -0.39 is 0 Å². The van der Waals surface area contributed by atoms with Crippen molar-refractivity contribution in [1.82, 2.24) is 19.2 Å². The fraction of sp³-hybridized carbons (Fsp3) is 0.846. The zero-order valence-corrected chi connectivity index (χ0v) is 12.7. The van der Waals surface area contributed by atoms with Crippen molar-refractivity contribution in [2.24, 2.45) is 13.0 Å². The lowest BCUT2D eigenvalue weighted by Crippen LogP contribution is -2.37. The Morgan fingerprint density at radius 2 is 2.26 bits per heavy atom. The first-order valence-corrected chi connectivity index (χ1v) is 7.52. The lowest BCUT2D eigenvalue weighted by molar-refractivity contribution is 0.126. The Morgan fingerprint density at radius 3 is 2.89 bits per heavy atom. The maximum atomic E-state index is 9.22. The molecule has 0 amide bonds. The topological polar surface area (TPSA) is 46.2 Å². The van der Waals surface area contributed by atoms with Crippen LogP contribution in [0.4, 0.5) is 0 Å². The van der Waals surface area contributed by atoms with Gasteiger partial charge in [0.1, 0.15) is 6.61 Å². The van der Waals surface area contributed by atoms with Crippen LogP contribution in [0, 0.1) is 10.7 Å². The molecular formula is C13H24N4OS. The molecule has 2 heterocycles. The predicted molar refractivity (Wildman–Crippen MR) is 77.2 cm³/mol. The van der Waals surface area contributed by atoms with E-state index >= 15 is 0 Å². The number of likely N-dealkylation sites (tertiary alicyclic amines) is 1. The van der Waals surface area contributed by atoms with Gasteiger partial charge in [0.25, 0.3) is 0 Å². The summed E-state index contributed by atoms with van der Waals surface area (Å²) in [7, 11) is 1.85. The molecule has 6 heteroatoms. The Labute approximate surface area is 119 Å². The molecule has 1 aromatic heterocycles. The number of piperidine rings is 1. The molecule has 2 rings (SSSR count). The van der Waals surface area contributed by atoms with E-state index in [2.05, 4.69) is 16.9 Å². The summed E-state index contributed by atoms with van der Waals surface area (Å²) in [5.74, 6) is 1.45. The van der Waals surface area contributed by atoms with Crippen LogP contribution in [-0.2, 0) is 20.3 Å². The normalized spacial score (nSPS) is 20.9. The number of aliphatic hydroxyl groups excluding tert-OH is 1. The van der Waals surface area contributed by atoms with E-state index in [1.807, 2.05) is 11.7 Å². The molecular weight excluding hydrogens is 260 g/mol. The molecule has 0 saturated carbocycles. The number of nitrogens with zero attached hydrogens (tertiary/aromatic N) is 4. The van der Waals surface area contributed by atoms with Gasteiger partial charge in [-0.15, -0.1) is 0 Å². The van der Waals surface area contributed by atoms with E-state index in [-0.39, 0.29) is 6.61 Å². The third-order valence-corrected chi connectivity index (χ3v) is 4.39. The average molecular weight is 284 g/mol. The Kier molecular flexibility index (Phi) is 5.13. The van der Waals surface area contributed by atoms with Crippen molar-refractivity contribution in [2.45, 2.75) is 45.9 Å². The quantitative estimate of drug-likeness (QED) is 0.839. The van der Waals surface area contributed by atoms with E-state index in [1.165, 1.54) is 25.7 Å². The molecule has 108 valence electrons. The van der Waals surface area contributed by atoms with Crippen LogP contribution >= 0.6 is 12.2 Å². The summed E-state index contributed by atoms with van der Waals surface area (Å²) in [4.78, 5) is 2.42. The SMILES string of the molecule is CCCC1CCCN(Cn2nc(CO)n(C)c2=S)C1. The van der Waals surface area contributed by atoms with Crippen LogP contribution in [0.25, 0.3) is 0 Å². The van der Waals surface area contributed by atoms with Gasteiger partial charge in [0.2, 0.25) is 0 Å². The van der Waals surface area contributed by atoms with Crippen molar-refractivity contribution in [3.05, 3.63) is 10.6 Å². The van der Waals surface area contributed by atoms with Gasteiger partial charge in [-0.3, -0.25) is 4.90 Å². The number of hydrogen-bond donors (Lipinski definition) is 1. The van der Waals surface area contributed by atoms with Gasteiger partial charge in [0.15, 0.2) is 10.6 Å². The summed E-state index contributed by atoms with van der Waals surface area (Å²) in [6, 6.07) is 0. The van der Waals surface area contributed by atoms with Gasteiger partial charge in [0, 0.05) is 13.6 Å².